The third kappa shape index (κ3) is 4.18. The van der Waals surface area contributed by atoms with Crippen molar-refractivity contribution < 1.29 is 9.84 Å². The van der Waals surface area contributed by atoms with Gasteiger partial charge in [-0.05, 0) is 66.0 Å². The van der Waals surface area contributed by atoms with Crippen LogP contribution in [0.3, 0.4) is 0 Å². The Balaban J connectivity index is 1.39. The highest BCUT2D eigenvalue weighted by Gasteiger charge is 2.38. The lowest BCUT2D eigenvalue weighted by molar-refractivity contribution is 0.140. The smallest absolute Gasteiger partial charge is 0.192 e. The number of hydrogen-bond donors (Lipinski definition) is 3. The molecule has 0 saturated heterocycles. The fraction of sp³-hybridized carbons (Fsp3) is 0.567. The second-order valence-electron chi connectivity index (χ2n) is 11.4. The van der Waals surface area contributed by atoms with Crippen molar-refractivity contribution in [1.29, 1.82) is 0 Å². The molecule has 0 aromatic heterocycles. The molecule has 0 spiro atoms. The Morgan fingerprint density at radius 2 is 2.06 bits per heavy atom. The lowest BCUT2D eigenvalue weighted by Gasteiger charge is -2.43. The summed E-state index contributed by atoms with van der Waals surface area (Å²) in [6.07, 6.45) is 6.64. The van der Waals surface area contributed by atoms with Crippen molar-refractivity contribution in [2.75, 3.05) is 13.2 Å². The normalized spacial score (nSPS) is 31.9. The molecule has 0 amide bonds. The number of nitrogens with two attached hydrogens (primary N) is 1. The van der Waals surface area contributed by atoms with Crippen LogP contribution >= 0.6 is 0 Å². The highest BCUT2D eigenvalue weighted by atomic mass is 16.5. The number of ether oxygens (including phenoxy) is 1. The average Bonchev–Trinajstić information content (AvgIpc) is 3.20. The van der Waals surface area contributed by atoms with Gasteiger partial charge in [-0.25, -0.2) is 4.99 Å². The van der Waals surface area contributed by atoms with E-state index in [0.717, 1.165) is 50.8 Å². The second kappa shape index (κ2) is 9.38. The molecule has 0 radical (unpaired) electrons. The molecule has 6 heteroatoms. The summed E-state index contributed by atoms with van der Waals surface area (Å²) in [7, 11) is 0. The predicted octanol–water partition coefficient (Wildman–Crippen LogP) is 4.71. The van der Waals surface area contributed by atoms with Gasteiger partial charge >= 0.3 is 0 Å². The number of aliphatic hydroxyl groups excluding tert-OH is 1. The first-order chi connectivity index (χ1) is 17.5. The number of aliphatic imine (C=N–C) groups is 1. The van der Waals surface area contributed by atoms with E-state index in [0.29, 0.717) is 31.4 Å². The van der Waals surface area contributed by atoms with Crippen molar-refractivity contribution in [1.82, 2.24) is 10.2 Å². The van der Waals surface area contributed by atoms with Crippen LogP contribution in [0.25, 0.3) is 0 Å². The van der Waals surface area contributed by atoms with Gasteiger partial charge < -0.3 is 25.8 Å². The van der Waals surface area contributed by atoms with Gasteiger partial charge in [0.2, 0.25) is 0 Å². The molecule has 2 aromatic carbocycles. The van der Waals surface area contributed by atoms with Crippen molar-refractivity contribution in [3.8, 4) is 5.75 Å². The first-order valence-corrected chi connectivity index (χ1v) is 13.9. The Bertz CT molecular complexity index is 1160. The number of rotatable bonds is 1. The minimum absolute atomic E-state index is 0.0417. The Kier molecular flexibility index (Phi) is 6.21. The van der Waals surface area contributed by atoms with Crippen LogP contribution in [-0.4, -0.2) is 40.8 Å². The lowest BCUT2D eigenvalue weighted by Crippen LogP contribution is -2.50. The highest BCUT2D eigenvalue weighted by Crippen LogP contribution is 2.41. The van der Waals surface area contributed by atoms with Crippen molar-refractivity contribution in [3.63, 3.8) is 0 Å². The first-order valence-electron chi connectivity index (χ1n) is 13.9. The van der Waals surface area contributed by atoms with Gasteiger partial charge in [-0.15, -0.1) is 0 Å². The fourth-order valence-electron chi connectivity index (χ4n) is 6.92. The molecule has 192 valence electrons. The van der Waals surface area contributed by atoms with Crippen molar-refractivity contribution in [2.45, 2.75) is 95.0 Å². The topological polar surface area (TPSA) is 83.1 Å². The van der Waals surface area contributed by atoms with Gasteiger partial charge in [0.25, 0.3) is 0 Å². The summed E-state index contributed by atoms with van der Waals surface area (Å²) in [5.74, 6) is 2.11. The van der Waals surface area contributed by atoms with Crippen molar-refractivity contribution in [3.05, 3.63) is 64.2 Å². The fourth-order valence-corrected chi connectivity index (χ4v) is 6.92. The van der Waals surface area contributed by atoms with Crippen LogP contribution in [0, 0.1) is 0 Å². The molecule has 5 atom stereocenters. The van der Waals surface area contributed by atoms with Gasteiger partial charge in [-0.1, -0.05) is 44.5 Å². The van der Waals surface area contributed by atoms with E-state index in [-0.39, 0.29) is 17.6 Å². The SMILES string of the molecule is CC[C@@]12CCCC(C)c3ccc4c(c3)[C@@H](NCc3ccc5c(c3)[C@@H](CCO5)N(CC1)C(N)=N2)[C@H](O)C4. The molecule has 1 unspecified atom stereocenters. The van der Waals surface area contributed by atoms with E-state index in [1.54, 1.807) is 0 Å². The van der Waals surface area contributed by atoms with Crippen LogP contribution in [0.1, 0.15) is 98.2 Å². The van der Waals surface area contributed by atoms with Gasteiger partial charge in [0.15, 0.2) is 5.96 Å². The zero-order valence-corrected chi connectivity index (χ0v) is 21.7. The molecule has 1 aliphatic carbocycles. The van der Waals surface area contributed by atoms with Crippen LogP contribution in [0.5, 0.6) is 5.75 Å². The zero-order chi connectivity index (χ0) is 24.9. The molecule has 0 saturated carbocycles. The summed E-state index contributed by atoms with van der Waals surface area (Å²) in [6, 6.07) is 13.5. The molecule has 4 heterocycles. The summed E-state index contributed by atoms with van der Waals surface area (Å²) in [5.41, 5.74) is 12.9. The number of fused-ring (bicyclic) bond motifs is 5. The van der Waals surface area contributed by atoms with E-state index in [2.05, 4.69) is 60.5 Å². The van der Waals surface area contributed by atoms with E-state index >= 15 is 0 Å². The molecule has 6 nitrogen and oxygen atoms in total. The summed E-state index contributed by atoms with van der Waals surface area (Å²) in [6.45, 7) is 6.93. The maximum absolute atomic E-state index is 10.9. The van der Waals surface area contributed by atoms with Crippen LogP contribution < -0.4 is 15.8 Å². The zero-order valence-electron chi connectivity index (χ0n) is 21.7. The van der Waals surface area contributed by atoms with Crippen LogP contribution in [0.4, 0.5) is 0 Å². The van der Waals surface area contributed by atoms with Gasteiger partial charge in [-0.3, -0.25) is 0 Å². The third-order valence-corrected chi connectivity index (χ3v) is 9.27. The Morgan fingerprint density at radius 3 is 2.89 bits per heavy atom. The van der Waals surface area contributed by atoms with Gasteiger partial charge in [-0.2, -0.15) is 0 Å². The van der Waals surface area contributed by atoms with E-state index in [4.69, 9.17) is 15.5 Å². The molecule has 36 heavy (non-hydrogen) atoms. The van der Waals surface area contributed by atoms with Gasteiger partial charge in [0.05, 0.1) is 30.3 Å². The molecule has 2 aromatic rings. The van der Waals surface area contributed by atoms with E-state index < -0.39 is 6.10 Å². The Labute approximate surface area is 214 Å². The minimum Gasteiger partial charge on any atom is -0.493 e. The number of guanidine groups is 1. The molecule has 5 aliphatic rings. The summed E-state index contributed by atoms with van der Waals surface area (Å²) in [5, 5.41) is 14.6. The quantitative estimate of drug-likeness (QED) is 0.541. The number of benzene rings is 2. The molecular formula is C30H40N4O2. The van der Waals surface area contributed by atoms with Crippen molar-refractivity contribution >= 4 is 5.96 Å². The second-order valence-corrected chi connectivity index (χ2v) is 11.4. The largest absolute Gasteiger partial charge is 0.493 e. The monoisotopic (exact) mass is 488 g/mol. The standard InChI is InChI=1S/C30H40N4O2/c1-3-30-11-4-5-19(2)21-7-8-22-17-26(35)28(23(22)16-21)32-18-20-6-9-27-24(15-20)25(10-14-36-27)34(13-12-30)29(31)33-30/h6-9,15-16,19,25-26,28,32,35H,3-5,10-14,17-18H2,1-2H3,(H2,31,33)/t19?,25-,26-,28-,30-/m1/s1. The molecule has 4 N–H and O–H groups in total. The van der Waals surface area contributed by atoms with Gasteiger partial charge in [0, 0.05) is 31.5 Å². The van der Waals surface area contributed by atoms with Crippen LogP contribution in [0.2, 0.25) is 0 Å². The molecule has 4 aliphatic heterocycles. The minimum atomic E-state index is -0.396. The number of hydrogen-bond acceptors (Lipinski definition) is 6. The Morgan fingerprint density at radius 1 is 1.17 bits per heavy atom. The van der Waals surface area contributed by atoms with Crippen LogP contribution in [-0.2, 0) is 13.0 Å². The maximum Gasteiger partial charge on any atom is 0.192 e. The molecule has 7 rings (SSSR count). The number of nitrogens with zero attached hydrogens (tertiary/aromatic N) is 2. The van der Waals surface area contributed by atoms with Crippen LogP contribution in [0.15, 0.2) is 41.4 Å². The van der Waals surface area contributed by atoms with E-state index in [1.165, 1.54) is 27.8 Å². The summed E-state index contributed by atoms with van der Waals surface area (Å²) < 4.78 is 6.04. The van der Waals surface area contributed by atoms with E-state index in [1.807, 2.05) is 0 Å². The van der Waals surface area contributed by atoms with Crippen molar-refractivity contribution in [2.24, 2.45) is 10.7 Å². The highest BCUT2D eigenvalue weighted by molar-refractivity contribution is 5.80. The number of nitrogens with one attached hydrogen (secondary N) is 1. The first kappa shape index (κ1) is 23.8. The third-order valence-electron chi connectivity index (χ3n) is 9.27. The van der Waals surface area contributed by atoms with Gasteiger partial charge in [0.1, 0.15) is 5.75 Å². The maximum atomic E-state index is 10.9. The number of aliphatic hydroxyl groups is 1. The summed E-state index contributed by atoms with van der Waals surface area (Å²) >= 11 is 0. The molecule has 0 fully saturated rings. The molecule has 6 bridgehead atoms. The Hall–Kier alpha value is -2.57. The average molecular weight is 489 g/mol. The molecular weight excluding hydrogens is 448 g/mol. The summed E-state index contributed by atoms with van der Waals surface area (Å²) in [4.78, 5) is 7.49. The lowest BCUT2D eigenvalue weighted by atomic mass is 9.83. The predicted molar refractivity (Wildman–Crippen MR) is 143 cm³/mol. The van der Waals surface area contributed by atoms with E-state index in [9.17, 15) is 5.11 Å².